The standard InChI is InChI=1S/C61H97N5O45.4Na/c1-14(71)63-22-27(76)26(75)18(10-67)97-54(22)104-43-32(81)36(85)59(109-47(43)51(90)91)101-40-20(12-69)99-56(24(29(40)78)65-16(3)73)106-45-34(83)38(87)61(111-49(45)53(94)95)103-41-21(13-70)100-57(25(30(41)79)66-17(4)74)107-44-33(82)37(86)60(110-48(44)52(92)93)102-39-19(11-68)98-55(23(28(39)77)64-15(2)72)105-42-31(80)35(84)58(108-46(42)50(88)89)96-9-7-5-6-8-62;;;;/h18-49,54-61,67-70,75-87H,5-13,62H2,1-4H3,(H,63,71)(H,64,72)(H,65,73)(H,66,74)(H,88,89)(H,90,91)(H,92,93)(H,94,95);;;;/q;4*+1/p-4/t18-,19-,20-,21-,22-,23-,24-,25-,26-,27-,28-,29-,30-,31-,32-,33-,34-,35-,36-,37-,38-,39-,40-,41-,42+,43+,44+,45+,46?,47-,48-,49?,54-,55-,56-,57-,58-,59-,60-,61-;;;;/m1..../s1. The summed E-state index contributed by atoms with van der Waals surface area (Å²) in [6.07, 6.45) is -80.2. The summed E-state index contributed by atoms with van der Waals surface area (Å²) < 4.78 is 89.9. The molecular weight excluding hydrogens is 1610 g/mol. The van der Waals surface area contributed by atoms with Gasteiger partial charge in [-0.2, -0.15) is 0 Å². The Hall–Kier alpha value is -1.60. The number of aliphatic hydroxyl groups is 17. The number of nitrogens with one attached hydrogen (secondary N) is 4. The summed E-state index contributed by atoms with van der Waals surface area (Å²) >= 11 is 0. The number of nitrogens with two attached hydrogens (primary N) is 1. The van der Waals surface area contributed by atoms with E-state index in [2.05, 4.69) is 21.3 Å². The second-order valence-electron chi connectivity index (χ2n) is 27.1. The summed E-state index contributed by atoms with van der Waals surface area (Å²) in [7, 11) is 0. The molecule has 0 aromatic rings. The second-order valence-corrected chi connectivity index (χ2v) is 27.1. The van der Waals surface area contributed by atoms with Crippen LogP contribution in [-0.4, -0.2) is 419 Å². The van der Waals surface area contributed by atoms with Gasteiger partial charge in [0.2, 0.25) is 23.6 Å². The van der Waals surface area contributed by atoms with Crippen molar-refractivity contribution >= 4 is 47.5 Å². The molecule has 50 nitrogen and oxygen atoms in total. The van der Waals surface area contributed by atoms with Crippen molar-refractivity contribution in [3.63, 3.8) is 0 Å². The number of hydrogen-bond donors (Lipinski definition) is 22. The molecule has 8 aliphatic heterocycles. The van der Waals surface area contributed by atoms with E-state index in [1.165, 1.54) is 0 Å². The molecule has 8 rings (SSSR count). The van der Waals surface area contributed by atoms with Crippen LogP contribution in [0.15, 0.2) is 0 Å². The van der Waals surface area contributed by atoms with Crippen LogP contribution in [0.3, 0.4) is 0 Å². The minimum absolute atomic E-state index is 0. The van der Waals surface area contributed by atoms with Gasteiger partial charge >= 0.3 is 118 Å². The van der Waals surface area contributed by atoms with Crippen molar-refractivity contribution in [3.05, 3.63) is 0 Å². The summed E-state index contributed by atoms with van der Waals surface area (Å²) in [5.74, 6) is -12.7. The molecule has 23 N–H and O–H groups in total. The van der Waals surface area contributed by atoms with Gasteiger partial charge in [0, 0.05) is 34.3 Å². The van der Waals surface area contributed by atoms with E-state index in [4.69, 9.17) is 81.5 Å². The molecule has 40 atom stereocenters. The molecule has 0 radical (unpaired) electrons. The zero-order valence-corrected chi connectivity index (χ0v) is 71.1. The van der Waals surface area contributed by atoms with Gasteiger partial charge in [-0.25, -0.2) is 0 Å². The van der Waals surface area contributed by atoms with Gasteiger partial charge in [0.05, 0.1) is 50.3 Å². The smallest absolute Gasteiger partial charge is 0.547 e. The molecule has 4 amide bonds. The van der Waals surface area contributed by atoms with Crippen molar-refractivity contribution in [2.24, 2.45) is 5.73 Å². The Kier molecular flexibility index (Phi) is 43.7. The normalized spacial score (nSPS) is 43.3. The Morgan fingerprint density at radius 2 is 0.530 bits per heavy atom. The van der Waals surface area contributed by atoms with Crippen molar-refractivity contribution < 1.29 is 340 Å². The first-order valence-electron chi connectivity index (χ1n) is 34.7. The predicted molar refractivity (Wildman–Crippen MR) is 329 cm³/mol. The van der Waals surface area contributed by atoms with Gasteiger partial charge in [0.1, 0.15) is 195 Å². The Balaban J connectivity index is 0.00000696. The van der Waals surface area contributed by atoms with Crippen LogP contribution in [-0.2, 0) is 114 Å². The maximum Gasteiger partial charge on any atom is 1.00 e. The topological polar surface area (TPSA) is 795 Å². The van der Waals surface area contributed by atoms with Crippen LogP contribution in [0, 0.1) is 0 Å². The van der Waals surface area contributed by atoms with E-state index in [9.17, 15) is 146 Å². The Labute approximate surface area is 740 Å². The maximum atomic E-state index is 13.0. The Morgan fingerprint density at radius 3 is 0.774 bits per heavy atom. The van der Waals surface area contributed by atoms with Crippen LogP contribution in [0.25, 0.3) is 0 Å². The number of unbranched alkanes of at least 4 members (excludes halogenated alkanes) is 2. The van der Waals surface area contributed by atoms with Crippen molar-refractivity contribution in [1.29, 1.82) is 0 Å². The third-order valence-corrected chi connectivity index (χ3v) is 19.2. The molecule has 0 bridgehead atoms. The van der Waals surface area contributed by atoms with Crippen molar-refractivity contribution in [2.45, 2.75) is 292 Å². The fourth-order valence-electron chi connectivity index (χ4n) is 13.7. The third-order valence-electron chi connectivity index (χ3n) is 19.2. The molecule has 0 aliphatic carbocycles. The van der Waals surface area contributed by atoms with Gasteiger partial charge in [-0.05, 0) is 25.8 Å². The summed E-state index contributed by atoms with van der Waals surface area (Å²) in [5.41, 5.74) is 5.49. The van der Waals surface area contributed by atoms with Gasteiger partial charge in [0.15, 0.2) is 50.3 Å². The summed E-state index contributed by atoms with van der Waals surface area (Å²) in [5, 5.41) is 249. The molecule has 0 saturated carbocycles. The van der Waals surface area contributed by atoms with Gasteiger partial charge in [0.25, 0.3) is 0 Å². The average Bonchev–Trinajstić information content (AvgIpc) is 0.766. The first-order valence-corrected chi connectivity index (χ1v) is 34.7. The second kappa shape index (κ2) is 47.5. The Morgan fingerprint density at radius 1 is 0.296 bits per heavy atom. The first-order chi connectivity index (χ1) is 52.3. The molecule has 2 unspecified atom stereocenters. The van der Waals surface area contributed by atoms with Gasteiger partial charge in [-0.15, -0.1) is 0 Å². The zero-order valence-electron chi connectivity index (χ0n) is 63.1. The summed E-state index contributed by atoms with van der Waals surface area (Å²) in [6, 6.07) is -7.86. The number of carbonyl (C=O) groups excluding carboxylic acids is 8. The number of carbonyl (C=O) groups is 8. The SMILES string of the molecule is CC(=O)N[C@H]1[C@@H](O[C@@H]2C(C(=O)[O-])O[C@@H](OCCCCCN)[C@H](O)[C@H]2O)O[C@H](CO)[C@@H](O[C@@H]2O[C@@H](C(=O)[O-])[C@@H](O[C@H]3O[C@H](CO)[C@@H](O[C@@H]4OC(C(=O)[O-])[C@@H](O[C@H]5O[C@H](CO)[C@@H](O[C@@H]6O[C@@H](C(=O)[O-])[C@@H](O[C@H]7O[C@H](CO)[C@@H](O)[C@H](O)[C@H]7NC(C)=O)[C@H](O)[C@H]6O)[C@H](O)[C@H]5NC(C)=O)[C@H](O)[C@H]4O)[C@H](O)[C@H]3NC(C)=O)[C@H](O)[C@H]2O)[C@@H]1O.[Na+].[Na+].[Na+].[Na+]. The molecular formula is C61H93N5Na4O45. The van der Waals surface area contributed by atoms with Crippen LogP contribution < -0.4 is 166 Å². The summed E-state index contributed by atoms with van der Waals surface area (Å²) in [6.45, 7) is -0.917. The molecule has 0 aromatic heterocycles. The van der Waals surface area contributed by atoms with Crippen LogP contribution in [0.5, 0.6) is 0 Å². The largest absolute Gasteiger partial charge is 1.00 e. The van der Waals surface area contributed by atoms with E-state index in [0.29, 0.717) is 25.8 Å². The minimum Gasteiger partial charge on any atom is -0.547 e. The van der Waals surface area contributed by atoms with Crippen LogP contribution in [0.2, 0.25) is 0 Å². The molecule has 0 aromatic carbocycles. The first kappa shape index (κ1) is 106. The van der Waals surface area contributed by atoms with E-state index in [-0.39, 0.29) is 125 Å². The quantitative estimate of drug-likeness (QED) is 0.0220. The molecule has 8 saturated heterocycles. The van der Waals surface area contributed by atoms with Crippen molar-refractivity contribution in [2.75, 3.05) is 39.6 Å². The maximum absolute atomic E-state index is 13.0. The molecule has 54 heteroatoms. The molecule has 8 aliphatic rings. The van der Waals surface area contributed by atoms with Crippen LogP contribution >= 0.6 is 0 Å². The minimum atomic E-state index is -2.69. The molecule has 636 valence electrons. The van der Waals surface area contributed by atoms with Crippen molar-refractivity contribution in [3.8, 4) is 0 Å². The molecule has 8 fully saturated rings. The van der Waals surface area contributed by atoms with Crippen LogP contribution in [0.1, 0.15) is 47.0 Å². The van der Waals surface area contributed by atoms with E-state index in [1.807, 2.05) is 0 Å². The van der Waals surface area contributed by atoms with Gasteiger partial charge < -0.3 is 229 Å². The van der Waals surface area contributed by atoms with Gasteiger partial charge in [-0.1, -0.05) is 0 Å². The Bertz CT molecular complexity index is 3130. The number of hydrogen-bond acceptors (Lipinski definition) is 46. The zero-order chi connectivity index (χ0) is 82.2. The number of carboxylic acid groups (broad SMARTS) is 4. The fraction of sp³-hybridized carbons (Fsp3) is 0.869. The number of rotatable bonds is 32. The monoisotopic (exact) mass is 1710 g/mol. The predicted octanol–water partition coefficient (Wildman–Crippen LogP) is -33.7. The number of carboxylic acids is 4. The summed E-state index contributed by atoms with van der Waals surface area (Å²) in [4.78, 5) is 101. The van der Waals surface area contributed by atoms with E-state index in [0.717, 1.165) is 27.7 Å². The third kappa shape index (κ3) is 25.1. The van der Waals surface area contributed by atoms with Crippen LogP contribution in [0.4, 0.5) is 0 Å². The fourth-order valence-corrected chi connectivity index (χ4v) is 13.7. The van der Waals surface area contributed by atoms with E-state index < -0.39 is 319 Å². The molecule has 8 heterocycles. The number of ether oxygens (including phenoxy) is 16. The van der Waals surface area contributed by atoms with E-state index in [1.54, 1.807) is 0 Å². The number of aliphatic hydroxyl groups excluding tert-OH is 17. The average molecular weight is 1710 g/mol. The molecule has 115 heavy (non-hydrogen) atoms. The van der Waals surface area contributed by atoms with E-state index >= 15 is 0 Å². The van der Waals surface area contributed by atoms with Crippen molar-refractivity contribution in [1.82, 2.24) is 21.3 Å². The molecule has 0 spiro atoms. The number of aliphatic carboxylic acids is 4. The van der Waals surface area contributed by atoms with Gasteiger partial charge in [-0.3, -0.25) is 19.2 Å². The number of amides is 4.